The average Bonchev–Trinajstić information content (AvgIpc) is 2.98. The van der Waals surface area contributed by atoms with Crippen LogP contribution in [0, 0.1) is 0 Å². The number of carboxylic acids is 1. The molecule has 0 saturated carbocycles. The Bertz CT molecular complexity index is 632. The van der Waals surface area contributed by atoms with Gasteiger partial charge >= 0.3 is 12.0 Å². The van der Waals surface area contributed by atoms with Gasteiger partial charge in [0.15, 0.2) is 0 Å². The first-order valence-corrected chi connectivity index (χ1v) is 6.29. The molecule has 2 amide bonds. The van der Waals surface area contributed by atoms with Gasteiger partial charge in [-0.3, -0.25) is 14.2 Å². The third-order valence-corrected chi connectivity index (χ3v) is 2.65. The molecule has 0 aromatic carbocycles. The van der Waals surface area contributed by atoms with E-state index in [4.69, 9.17) is 5.11 Å². The SMILES string of the molecule is Cn1cc(CCNC(=O)Nc2cnn(CC(=O)O)c2)cn1. The molecular weight excluding hydrogens is 276 g/mol. The van der Waals surface area contributed by atoms with Gasteiger partial charge in [0, 0.05) is 26.0 Å². The summed E-state index contributed by atoms with van der Waals surface area (Å²) in [5, 5.41) is 21.8. The Kier molecular flexibility index (Phi) is 4.54. The van der Waals surface area contributed by atoms with E-state index in [-0.39, 0.29) is 12.6 Å². The van der Waals surface area contributed by atoms with Crippen LogP contribution < -0.4 is 10.6 Å². The molecule has 2 aromatic rings. The predicted octanol–water partition coefficient (Wildman–Crippen LogP) is 0.0654. The Morgan fingerprint density at radius 3 is 2.76 bits per heavy atom. The summed E-state index contributed by atoms with van der Waals surface area (Å²) < 4.78 is 2.93. The maximum atomic E-state index is 11.6. The third kappa shape index (κ3) is 4.64. The van der Waals surface area contributed by atoms with Crippen molar-refractivity contribution >= 4 is 17.7 Å². The number of anilines is 1. The molecule has 0 fully saturated rings. The van der Waals surface area contributed by atoms with Gasteiger partial charge in [-0.05, 0) is 12.0 Å². The Labute approximate surface area is 120 Å². The average molecular weight is 292 g/mol. The van der Waals surface area contributed by atoms with E-state index in [9.17, 15) is 9.59 Å². The van der Waals surface area contributed by atoms with Crippen LogP contribution in [0.15, 0.2) is 24.8 Å². The smallest absolute Gasteiger partial charge is 0.325 e. The van der Waals surface area contributed by atoms with Gasteiger partial charge in [0.25, 0.3) is 0 Å². The molecule has 9 nitrogen and oxygen atoms in total. The Hall–Kier alpha value is -2.84. The first kappa shape index (κ1) is 14.6. The van der Waals surface area contributed by atoms with Crippen LogP contribution in [0.25, 0.3) is 0 Å². The van der Waals surface area contributed by atoms with Crippen LogP contribution in [0.2, 0.25) is 0 Å². The van der Waals surface area contributed by atoms with Crippen molar-refractivity contribution < 1.29 is 14.7 Å². The number of aromatic nitrogens is 4. The quantitative estimate of drug-likeness (QED) is 0.697. The molecule has 2 rings (SSSR count). The summed E-state index contributed by atoms with van der Waals surface area (Å²) in [6, 6.07) is -0.367. The number of nitrogens with one attached hydrogen (secondary N) is 2. The van der Waals surface area contributed by atoms with Crippen molar-refractivity contribution in [2.75, 3.05) is 11.9 Å². The summed E-state index contributed by atoms with van der Waals surface area (Å²) >= 11 is 0. The number of aryl methyl sites for hydroxylation is 1. The molecule has 0 saturated heterocycles. The minimum absolute atomic E-state index is 0.246. The minimum atomic E-state index is -0.995. The molecule has 9 heteroatoms. The topological polar surface area (TPSA) is 114 Å². The second-order valence-corrected chi connectivity index (χ2v) is 4.47. The lowest BCUT2D eigenvalue weighted by molar-refractivity contribution is -0.137. The molecule has 0 atom stereocenters. The van der Waals surface area contributed by atoms with Gasteiger partial charge in [0.05, 0.1) is 18.1 Å². The van der Waals surface area contributed by atoms with Crippen LogP contribution in [0.1, 0.15) is 5.56 Å². The molecular formula is C12H16N6O3. The zero-order valence-electron chi connectivity index (χ0n) is 11.5. The maximum absolute atomic E-state index is 11.6. The van der Waals surface area contributed by atoms with E-state index in [1.807, 2.05) is 13.2 Å². The molecule has 0 aliphatic carbocycles. The highest BCUT2D eigenvalue weighted by molar-refractivity contribution is 5.88. The minimum Gasteiger partial charge on any atom is -0.480 e. The lowest BCUT2D eigenvalue weighted by Gasteiger charge is -2.04. The largest absolute Gasteiger partial charge is 0.480 e. The van der Waals surface area contributed by atoms with Gasteiger partial charge in [-0.15, -0.1) is 0 Å². The van der Waals surface area contributed by atoms with Gasteiger partial charge in [-0.1, -0.05) is 0 Å². The van der Waals surface area contributed by atoms with Crippen LogP contribution >= 0.6 is 0 Å². The number of hydrogen-bond acceptors (Lipinski definition) is 4. The third-order valence-electron chi connectivity index (χ3n) is 2.65. The molecule has 2 heterocycles. The van der Waals surface area contributed by atoms with Crippen molar-refractivity contribution in [3.63, 3.8) is 0 Å². The fourth-order valence-corrected chi connectivity index (χ4v) is 1.75. The number of carbonyl (C=O) groups is 2. The zero-order valence-corrected chi connectivity index (χ0v) is 11.5. The maximum Gasteiger partial charge on any atom is 0.325 e. The number of nitrogens with zero attached hydrogens (tertiary/aromatic N) is 4. The van der Waals surface area contributed by atoms with Crippen molar-refractivity contribution in [2.45, 2.75) is 13.0 Å². The van der Waals surface area contributed by atoms with E-state index in [0.717, 1.165) is 5.56 Å². The molecule has 0 aliphatic rings. The van der Waals surface area contributed by atoms with Crippen molar-refractivity contribution in [1.29, 1.82) is 0 Å². The lowest BCUT2D eigenvalue weighted by atomic mass is 10.2. The number of carboxylic acid groups (broad SMARTS) is 1. The van der Waals surface area contributed by atoms with Crippen LogP contribution in [-0.2, 0) is 24.8 Å². The van der Waals surface area contributed by atoms with Crippen molar-refractivity contribution in [1.82, 2.24) is 24.9 Å². The summed E-state index contributed by atoms with van der Waals surface area (Å²) in [5.41, 5.74) is 1.47. The van der Waals surface area contributed by atoms with Crippen LogP contribution in [0.5, 0.6) is 0 Å². The summed E-state index contributed by atoms with van der Waals surface area (Å²) in [6.45, 7) is 0.227. The highest BCUT2D eigenvalue weighted by atomic mass is 16.4. The van der Waals surface area contributed by atoms with E-state index in [0.29, 0.717) is 18.7 Å². The monoisotopic (exact) mass is 292 g/mol. The number of urea groups is 1. The van der Waals surface area contributed by atoms with E-state index < -0.39 is 5.97 Å². The Balaban J connectivity index is 1.74. The van der Waals surface area contributed by atoms with Gasteiger partial charge in [-0.2, -0.15) is 10.2 Å². The molecule has 0 spiro atoms. The predicted molar refractivity (Wildman–Crippen MR) is 73.8 cm³/mol. The van der Waals surface area contributed by atoms with Crippen molar-refractivity contribution in [3.05, 3.63) is 30.4 Å². The van der Waals surface area contributed by atoms with Crippen molar-refractivity contribution in [3.8, 4) is 0 Å². The van der Waals surface area contributed by atoms with Gasteiger partial charge in [0.1, 0.15) is 6.54 Å². The Morgan fingerprint density at radius 1 is 1.29 bits per heavy atom. The lowest BCUT2D eigenvalue weighted by Crippen LogP contribution is -2.30. The molecule has 3 N–H and O–H groups in total. The second-order valence-electron chi connectivity index (χ2n) is 4.47. The molecule has 0 unspecified atom stereocenters. The van der Waals surface area contributed by atoms with E-state index in [2.05, 4.69) is 20.8 Å². The molecule has 2 aromatic heterocycles. The summed E-state index contributed by atoms with van der Waals surface area (Å²) in [5.74, 6) is -0.995. The van der Waals surface area contributed by atoms with E-state index in [1.165, 1.54) is 17.1 Å². The standard InChI is InChI=1S/C12H16N6O3/c1-17-6-9(4-14-17)2-3-13-12(21)16-10-5-15-18(7-10)8-11(19)20/h4-7H,2-3,8H2,1H3,(H,19,20)(H2,13,16,21). The number of aliphatic carboxylic acids is 1. The van der Waals surface area contributed by atoms with Gasteiger partial charge < -0.3 is 15.7 Å². The number of rotatable bonds is 6. The number of hydrogen-bond donors (Lipinski definition) is 3. The van der Waals surface area contributed by atoms with Crippen LogP contribution in [0.4, 0.5) is 10.5 Å². The summed E-state index contributed by atoms with van der Waals surface area (Å²) in [6.07, 6.45) is 7.16. The van der Waals surface area contributed by atoms with Crippen LogP contribution in [0.3, 0.4) is 0 Å². The Morgan fingerprint density at radius 2 is 2.10 bits per heavy atom. The molecule has 0 bridgehead atoms. The number of amides is 2. The highest BCUT2D eigenvalue weighted by Crippen LogP contribution is 2.04. The first-order chi connectivity index (χ1) is 10.0. The zero-order chi connectivity index (χ0) is 15.2. The number of carbonyl (C=O) groups excluding carboxylic acids is 1. The fraction of sp³-hybridized carbons (Fsp3) is 0.333. The van der Waals surface area contributed by atoms with Gasteiger partial charge in [0.2, 0.25) is 0 Å². The van der Waals surface area contributed by atoms with E-state index >= 15 is 0 Å². The summed E-state index contributed by atoms with van der Waals surface area (Å²) in [4.78, 5) is 22.2. The van der Waals surface area contributed by atoms with Gasteiger partial charge in [-0.25, -0.2) is 4.79 Å². The fourth-order valence-electron chi connectivity index (χ4n) is 1.75. The van der Waals surface area contributed by atoms with E-state index in [1.54, 1.807) is 10.9 Å². The first-order valence-electron chi connectivity index (χ1n) is 6.29. The molecule has 0 aliphatic heterocycles. The van der Waals surface area contributed by atoms with Crippen molar-refractivity contribution in [2.24, 2.45) is 7.05 Å². The van der Waals surface area contributed by atoms with Crippen LogP contribution in [-0.4, -0.2) is 43.2 Å². The summed E-state index contributed by atoms with van der Waals surface area (Å²) in [7, 11) is 1.83. The normalized spacial score (nSPS) is 10.3. The molecule has 21 heavy (non-hydrogen) atoms. The highest BCUT2D eigenvalue weighted by Gasteiger charge is 2.06. The molecule has 112 valence electrons. The second kappa shape index (κ2) is 6.55. The molecule has 0 radical (unpaired) electrons.